The second-order valence-corrected chi connectivity index (χ2v) is 5.98. The molecule has 0 amide bonds. The molecular formula is C12H12N2O4S2. The smallest absolute Gasteiger partial charge is 0.350 e. The minimum absolute atomic E-state index is 0.0636. The van der Waals surface area contributed by atoms with Crippen molar-refractivity contribution in [3.05, 3.63) is 32.7 Å². The third kappa shape index (κ3) is 2.39. The van der Waals surface area contributed by atoms with Crippen molar-refractivity contribution in [1.82, 2.24) is 0 Å². The molecule has 2 heterocycles. The van der Waals surface area contributed by atoms with Crippen LogP contribution in [0.4, 0.5) is 10.7 Å². The third-order valence-corrected chi connectivity index (χ3v) is 5.21. The largest absolute Gasteiger partial charge is 0.465 e. The van der Waals surface area contributed by atoms with Gasteiger partial charge in [-0.2, -0.15) is 0 Å². The van der Waals surface area contributed by atoms with E-state index in [1.165, 1.54) is 24.5 Å². The standard InChI is InChI=1S/C12H12N2O4S2/c1-3-6-9(13)11(12(15)18-2)20-10(6)7-4-5-8(19-7)14(16)17/h4-5H,3,13H2,1-2H3. The first-order valence-corrected chi connectivity index (χ1v) is 7.36. The Kier molecular flexibility index (Phi) is 4.05. The zero-order valence-corrected chi connectivity index (χ0v) is 12.5. The van der Waals surface area contributed by atoms with Crippen molar-refractivity contribution in [2.45, 2.75) is 13.3 Å². The lowest BCUT2D eigenvalue weighted by molar-refractivity contribution is -0.380. The number of rotatable bonds is 4. The molecule has 0 radical (unpaired) electrons. The molecule has 0 atom stereocenters. The third-order valence-electron chi connectivity index (χ3n) is 2.77. The molecule has 2 rings (SSSR count). The lowest BCUT2D eigenvalue weighted by Crippen LogP contribution is -2.02. The maximum atomic E-state index is 11.7. The Morgan fingerprint density at radius 1 is 1.45 bits per heavy atom. The summed E-state index contributed by atoms with van der Waals surface area (Å²) >= 11 is 2.28. The Morgan fingerprint density at radius 2 is 2.15 bits per heavy atom. The molecule has 0 spiro atoms. The van der Waals surface area contributed by atoms with E-state index in [0.29, 0.717) is 17.0 Å². The van der Waals surface area contributed by atoms with Gasteiger partial charge in [0, 0.05) is 6.07 Å². The quantitative estimate of drug-likeness (QED) is 0.531. The van der Waals surface area contributed by atoms with E-state index in [0.717, 1.165) is 26.7 Å². The van der Waals surface area contributed by atoms with E-state index >= 15 is 0 Å². The number of esters is 1. The van der Waals surface area contributed by atoms with Gasteiger partial charge in [0.25, 0.3) is 0 Å². The molecular weight excluding hydrogens is 300 g/mol. The number of nitrogen functional groups attached to an aromatic ring is 1. The maximum absolute atomic E-state index is 11.7. The second kappa shape index (κ2) is 5.59. The van der Waals surface area contributed by atoms with E-state index in [9.17, 15) is 14.9 Å². The number of carbonyl (C=O) groups excluding carboxylic acids is 1. The van der Waals surface area contributed by atoms with Crippen molar-refractivity contribution in [1.29, 1.82) is 0 Å². The van der Waals surface area contributed by atoms with Crippen LogP contribution in [0.5, 0.6) is 0 Å². The van der Waals surface area contributed by atoms with Crippen LogP contribution in [0.3, 0.4) is 0 Å². The summed E-state index contributed by atoms with van der Waals surface area (Å²) in [5, 5.41) is 10.8. The highest BCUT2D eigenvalue weighted by Crippen LogP contribution is 2.43. The Balaban J connectivity index is 2.55. The van der Waals surface area contributed by atoms with Gasteiger partial charge in [-0.1, -0.05) is 18.3 Å². The molecule has 2 aromatic heterocycles. The Morgan fingerprint density at radius 3 is 2.65 bits per heavy atom. The van der Waals surface area contributed by atoms with Crippen LogP contribution in [0, 0.1) is 10.1 Å². The highest BCUT2D eigenvalue weighted by Gasteiger charge is 2.23. The van der Waals surface area contributed by atoms with Gasteiger partial charge in [0.05, 0.1) is 27.5 Å². The predicted octanol–water partition coefficient (Wildman–Crippen LogP) is 3.32. The van der Waals surface area contributed by atoms with Gasteiger partial charge in [-0.3, -0.25) is 10.1 Å². The lowest BCUT2D eigenvalue weighted by Gasteiger charge is -1.99. The summed E-state index contributed by atoms with van der Waals surface area (Å²) in [6, 6.07) is 3.13. The molecule has 20 heavy (non-hydrogen) atoms. The monoisotopic (exact) mass is 312 g/mol. The van der Waals surface area contributed by atoms with E-state index in [4.69, 9.17) is 10.5 Å². The highest BCUT2D eigenvalue weighted by molar-refractivity contribution is 7.24. The second-order valence-electron chi connectivity index (χ2n) is 3.89. The molecule has 0 saturated carbocycles. The first kappa shape index (κ1) is 14.5. The van der Waals surface area contributed by atoms with Crippen LogP contribution in [0.25, 0.3) is 9.75 Å². The molecule has 0 fully saturated rings. The molecule has 0 saturated heterocycles. The number of anilines is 1. The normalized spacial score (nSPS) is 10.5. The number of hydrogen-bond acceptors (Lipinski definition) is 7. The zero-order valence-electron chi connectivity index (χ0n) is 10.8. The van der Waals surface area contributed by atoms with E-state index in [-0.39, 0.29) is 5.00 Å². The number of ether oxygens (including phenoxy) is 1. The molecule has 0 aromatic carbocycles. The van der Waals surface area contributed by atoms with Gasteiger partial charge < -0.3 is 10.5 Å². The molecule has 8 heteroatoms. The molecule has 6 nitrogen and oxygen atoms in total. The van der Waals surface area contributed by atoms with Crippen LogP contribution >= 0.6 is 22.7 Å². The van der Waals surface area contributed by atoms with Crippen LogP contribution in [0.2, 0.25) is 0 Å². The minimum atomic E-state index is -0.487. The van der Waals surface area contributed by atoms with Crippen molar-refractivity contribution in [3.63, 3.8) is 0 Å². The van der Waals surface area contributed by atoms with Crippen LogP contribution in [-0.4, -0.2) is 18.0 Å². The van der Waals surface area contributed by atoms with Crippen LogP contribution in [0.15, 0.2) is 12.1 Å². The highest BCUT2D eigenvalue weighted by atomic mass is 32.1. The van der Waals surface area contributed by atoms with Gasteiger partial charge in [-0.15, -0.1) is 11.3 Å². The van der Waals surface area contributed by atoms with Gasteiger partial charge in [-0.05, 0) is 18.1 Å². The molecule has 0 aliphatic rings. The molecule has 0 bridgehead atoms. The fraction of sp³-hybridized carbons (Fsp3) is 0.250. The summed E-state index contributed by atoms with van der Waals surface area (Å²) in [5.41, 5.74) is 7.20. The average molecular weight is 312 g/mol. The fourth-order valence-electron chi connectivity index (χ4n) is 1.82. The number of hydrogen-bond donors (Lipinski definition) is 1. The van der Waals surface area contributed by atoms with Crippen molar-refractivity contribution < 1.29 is 14.5 Å². The zero-order chi connectivity index (χ0) is 14.9. The molecule has 106 valence electrons. The Bertz CT molecular complexity index is 675. The van der Waals surface area contributed by atoms with Gasteiger partial charge in [-0.25, -0.2) is 4.79 Å². The van der Waals surface area contributed by atoms with Crippen molar-refractivity contribution in [2.24, 2.45) is 0 Å². The SMILES string of the molecule is CCc1c(-c2ccc([N+](=O)[O-])s2)sc(C(=O)OC)c1N. The van der Waals surface area contributed by atoms with Crippen molar-refractivity contribution >= 4 is 39.3 Å². The Labute approximate surface area is 122 Å². The number of nitrogens with two attached hydrogens (primary N) is 1. The molecule has 0 unspecified atom stereocenters. The summed E-state index contributed by atoms with van der Waals surface area (Å²) < 4.78 is 4.70. The number of nitrogens with zero attached hydrogens (tertiary/aromatic N) is 1. The predicted molar refractivity (Wildman–Crippen MR) is 79.4 cm³/mol. The summed E-state index contributed by atoms with van der Waals surface area (Å²) in [7, 11) is 1.29. The topological polar surface area (TPSA) is 95.5 Å². The number of carbonyl (C=O) groups is 1. The first-order valence-electron chi connectivity index (χ1n) is 5.73. The maximum Gasteiger partial charge on any atom is 0.350 e. The van der Waals surface area contributed by atoms with Gasteiger partial charge in [0.1, 0.15) is 4.88 Å². The van der Waals surface area contributed by atoms with E-state index in [1.807, 2.05) is 6.92 Å². The van der Waals surface area contributed by atoms with E-state index < -0.39 is 10.9 Å². The molecule has 2 N–H and O–H groups in total. The summed E-state index contributed by atoms with van der Waals surface area (Å²) in [4.78, 5) is 23.9. The minimum Gasteiger partial charge on any atom is -0.465 e. The van der Waals surface area contributed by atoms with Crippen LogP contribution in [0.1, 0.15) is 22.2 Å². The lowest BCUT2D eigenvalue weighted by atomic mass is 10.1. The van der Waals surface area contributed by atoms with Gasteiger partial charge in [0.2, 0.25) is 0 Å². The van der Waals surface area contributed by atoms with Crippen LogP contribution < -0.4 is 5.73 Å². The first-order chi connectivity index (χ1) is 9.49. The van der Waals surface area contributed by atoms with Gasteiger partial charge >= 0.3 is 11.0 Å². The van der Waals surface area contributed by atoms with Crippen molar-refractivity contribution in [3.8, 4) is 9.75 Å². The Hall–Kier alpha value is -1.93. The molecule has 2 aromatic rings. The van der Waals surface area contributed by atoms with Crippen molar-refractivity contribution in [2.75, 3.05) is 12.8 Å². The fourth-order valence-corrected chi connectivity index (χ4v) is 4.01. The number of thiophene rings is 2. The number of methoxy groups -OCH3 is 1. The van der Waals surface area contributed by atoms with E-state index in [2.05, 4.69) is 0 Å². The molecule has 0 aliphatic heterocycles. The number of nitro groups is 1. The summed E-state index contributed by atoms with van der Waals surface area (Å²) in [6.07, 6.45) is 0.639. The molecule has 0 aliphatic carbocycles. The van der Waals surface area contributed by atoms with E-state index in [1.54, 1.807) is 6.07 Å². The summed E-state index contributed by atoms with van der Waals surface area (Å²) in [6.45, 7) is 1.92. The van der Waals surface area contributed by atoms with Gasteiger partial charge in [0.15, 0.2) is 0 Å². The average Bonchev–Trinajstić information content (AvgIpc) is 3.02. The summed E-state index contributed by atoms with van der Waals surface area (Å²) in [5.74, 6) is -0.487. The van der Waals surface area contributed by atoms with Crippen LogP contribution in [-0.2, 0) is 11.2 Å².